The molecule has 0 saturated heterocycles. The van der Waals surface area contributed by atoms with Crippen molar-refractivity contribution in [1.82, 2.24) is 15.2 Å². The number of aromatic nitrogens is 2. The van der Waals surface area contributed by atoms with Crippen LogP contribution in [-0.2, 0) is 19.9 Å². The maximum atomic E-state index is 5.73. The van der Waals surface area contributed by atoms with Gasteiger partial charge in [0.15, 0.2) is 0 Å². The van der Waals surface area contributed by atoms with E-state index in [4.69, 9.17) is 5.84 Å². The summed E-state index contributed by atoms with van der Waals surface area (Å²) in [5.41, 5.74) is 9.15. The minimum atomic E-state index is 0.213. The molecule has 4 heteroatoms. The molecule has 2 rings (SSSR count). The predicted molar refractivity (Wildman–Crippen MR) is 82.4 cm³/mol. The highest BCUT2D eigenvalue weighted by Gasteiger charge is 2.13. The highest BCUT2D eigenvalue weighted by molar-refractivity contribution is 5.31. The van der Waals surface area contributed by atoms with E-state index in [2.05, 4.69) is 48.6 Å². The maximum Gasteiger partial charge on any atom is 0.0596 e. The number of rotatable bonds is 5. The molecule has 108 valence electrons. The van der Waals surface area contributed by atoms with Crippen LogP contribution >= 0.6 is 0 Å². The van der Waals surface area contributed by atoms with Crippen molar-refractivity contribution in [2.24, 2.45) is 12.9 Å². The molecule has 0 radical (unpaired) electrons. The second kappa shape index (κ2) is 6.20. The second-order valence-electron chi connectivity index (χ2n) is 5.60. The van der Waals surface area contributed by atoms with E-state index in [0.29, 0.717) is 0 Å². The molecule has 4 nitrogen and oxygen atoms in total. The van der Waals surface area contributed by atoms with E-state index >= 15 is 0 Å². The lowest BCUT2D eigenvalue weighted by Crippen LogP contribution is -2.39. The van der Waals surface area contributed by atoms with Gasteiger partial charge in [0.2, 0.25) is 0 Å². The molecule has 1 atom stereocenters. The Balaban J connectivity index is 2.13. The molecule has 0 aliphatic carbocycles. The summed E-state index contributed by atoms with van der Waals surface area (Å²) in [5.74, 6) is 5.73. The number of hydrogen-bond donors (Lipinski definition) is 2. The lowest BCUT2D eigenvalue weighted by atomic mass is 9.97. The zero-order valence-electron chi connectivity index (χ0n) is 12.8. The number of nitrogens with zero attached hydrogens (tertiary/aromatic N) is 2. The zero-order valence-corrected chi connectivity index (χ0v) is 12.8. The lowest BCUT2D eigenvalue weighted by molar-refractivity contribution is 0.504. The molecule has 1 unspecified atom stereocenters. The van der Waals surface area contributed by atoms with E-state index in [1.54, 1.807) is 0 Å². The Morgan fingerprint density at radius 3 is 2.55 bits per heavy atom. The van der Waals surface area contributed by atoms with Gasteiger partial charge in [-0.25, -0.2) is 0 Å². The van der Waals surface area contributed by atoms with Gasteiger partial charge < -0.3 is 0 Å². The maximum absolute atomic E-state index is 5.73. The van der Waals surface area contributed by atoms with E-state index in [9.17, 15) is 0 Å². The third-order valence-electron chi connectivity index (χ3n) is 3.76. The van der Waals surface area contributed by atoms with Crippen LogP contribution in [0.25, 0.3) is 0 Å². The smallest absolute Gasteiger partial charge is 0.0596 e. The first-order valence-corrected chi connectivity index (χ1v) is 7.01. The van der Waals surface area contributed by atoms with Crippen molar-refractivity contribution in [2.75, 3.05) is 0 Å². The van der Waals surface area contributed by atoms with Gasteiger partial charge in [-0.05, 0) is 44.4 Å². The van der Waals surface area contributed by atoms with Crippen LogP contribution in [0.1, 0.15) is 28.1 Å². The van der Waals surface area contributed by atoms with Gasteiger partial charge in [0.1, 0.15) is 0 Å². The molecule has 1 heterocycles. The Morgan fingerprint density at radius 1 is 1.20 bits per heavy atom. The molecule has 0 spiro atoms. The summed E-state index contributed by atoms with van der Waals surface area (Å²) < 4.78 is 1.93. The van der Waals surface area contributed by atoms with Gasteiger partial charge in [-0.3, -0.25) is 16.0 Å². The number of benzene rings is 1. The third kappa shape index (κ3) is 3.46. The second-order valence-corrected chi connectivity index (χ2v) is 5.60. The molecule has 0 bridgehead atoms. The molecule has 0 aliphatic heterocycles. The van der Waals surface area contributed by atoms with Crippen molar-refractivity contribution < 1.29 is 0 Å². The van der Waals surface area contributed by atoms with Crippen LogP contribution in [0.5, 0.6) is 0 Å². The van der Waals surface area contributed by atoms with Crippen LogP contribution in [0.2, 0.25) is 0 Å². The summed E-state index contributed by atoms with van der Waals surface area (Å²) in [4.78, 5) is 0. The highest BCUT2D eigenvalue weighted by Crippen LogP contribution is 2.15. The Hall–Kier alpha value is -1.65. The first-order valence-electron chi connectivity index (χ1n) is 7.01. The van der Waals surface area contributed by atoms with E-state index in [-0.39, 0.29) is 6.04 Å². The van der Waals surface area contributed by atoms with Crippen LogP contribution in [-0.4, -0.2) is 15.8 Å². The van der Waals surface area contributed by atoms with Gasteiger partial charge in [0.05, 0.1) is 5.69 Å². The van der Waals surface area contributed by atoms with Crippen molar-refractivity contribution in [3.05, 3.63) is 52.3 Å². The molecule has 20 heavy (non-hydrogen) atoms. The fourth-order valence-electron chi connectivity index (χ4n) is 2.58. The fraction of sp³-hybridized carbons (Fsp3) is 0.438. The summed E-state index contributed by atoms with van der Waals surface area (Å²) in [6.45, 7) is 6.29. The van der Waals surface area contributed by atoms with Gasteiger partial charge in [-0.2, -0.15) is 5.10 Å². The number of hydrazine groups is 1. The monoisotopic (exact) mass is 272 g/mol. The molecular formula is C16H24N4. The topological polar surface area (TPSA) is 55.9 Å². The molecule has 1 aromatic heterocycles. The molecule has 3 N–H and O–H groups in total. The van der Waals surface area contributed by atoms with E-state index < -0.39 is 0 Å². The number of nitrogens with two attached hydrogens (primary N) is 1. The standard InChI is InChI=1S/C16H24N4/c1-11-5-6-12(2)14(7-11)9-15(18-17)10-16-8-13(3)19-20(16)4/h5-8,15,18H,9-10,17H2,1-4H3. The zero-order chi connectivity index (χ0) is 14.7. The minimum Gasteiger partial charge on any atom is -0.272 e. The molecule has 0 saturated carbocycles. The largest absolute Gasteiger partial charge is 0.272 e. The van der Waals surface area contributed by atoms with Crippen molar-refractivity contribution >= 4 is 0 Å². The molecule has 1 aromatic carbocycles. The van der Waals surface area contributed by atoms with E-state index in [1.165, 1.54) is 22.4 Å². The van der Waals surface area contributed by atoms with Gasteiger partial charge in [-0.15, -0.1) is 0 Å². The predicted octanol–water partition coefficient (Wildman–Crippen LogP) is 1.96. The average Bonchev–Trinajstić information content (AvgIpc) is 2.71. The Labute approximate surface area is 121 Å². The molecule has 0 aliphatic rings. The summed E-state index contributed by atoms with van der Waals surface area (Å²) >= 11 is 0. The Bertz CT molecular complexity index is 586. The summed E-state index contributed by atoms with van der Waals surface area (Å²) in [7, 11) is 1.98. The fourth-order valence-corrected chi connectivity index (χ4v) is 2.58. The van der Waals surface area contributed by atoms with Crippen LogP contribution in [0, 0.1) is 20.8 Å². The van der Waals surface area contributed by atoms with Crippen LogP contribution < -0.4 is 11.3 Å². The van der Waals surface area contributed by atoms with Crippen molar-refractivity contribution in [2.45, 2.75) is 39.7 Å². The van der Waals surface area contributed by atoms with Gasteiger partial charge in [0, 0.05) is 25.2 Å². The summed E-state index contributed by atoms with van der Waals surface area (Å²) in [5, 5.41) is 4.39. The third-order valence-corrected chi connectivity index (χ3v) is 3.76. The number of nitrogens with one attached hydrogen (secondary N) is 1. The van der Waals surface area contributed by atoms with Crippen LogP contribution in [0.3, 0.4) is 0 Å². The van der Waals surface area contributed by atoms with Gasteiger partial charge >= 0.3 is 0 Å². The van der Waals surface area contributed by atoms with Crippen LogP contribution in [0.15, 0.2) is 24.3 Å². The van der Waals surface area contributed by atoms with Crippen molar-refractivity contribution in [1.29, 1.82) is 0 Å². The first-order chi connectivity index (χ1) is 9.49. The Kier molecular flexibility index (Phi) is 4.57. The number of aryl methyl sites for hydroxylation is 4. The summed E-state index contributed by atoms with van der Waals surface area (Å²) in [6, 6.07) is 8.90. The summed E-state index contributed by atoms with van der Waals surface area (Å²) in [6.07, 6.45) is 1.80. The molecule has 2 aromatic rings. The van der Waals surface area contributed by atoms with Crippen molar-refractivity contribution in [3.63, 3.8) is 0 Å². The number of hydrogen-bond acceptors (Lipinski definition) is 3. The first kappa shape index (κ1) is 14.8. The van der Waals surface area contributed by atoms with E-state index in [1.807, 2.05) is 18.7 Å². The SMILES string of the molecule is Cc1ccc(C)c(CC(Cc2cc(C)nn2C)NN)c1. The van der Waals surface area contributed by atoms with Gasteiger partial charge in [0.25, 0.3) is 0 Å². The normalized spacial score (nSPS) is 12.7. The highest BCUT2D eigenvalue weighted by atomic mass is 15.3. The van der Waals surface area contributed by atoms with E-state index in [0.717, 1.165) is 18.5 Å². The molecule has 0 fully saturated rings. The average molecular weight is 272 g/mol. The Morgan fingerprint density at radius 2 is 1.95 bits per heavy atom. The molecular weight excluding hydrogens is 248 g/mol. The molecule has 0 amide bonds. The minimum absolute atomic E-state index is 0.213. The van der Waals surface area contributed by atoms with Crippen molar-refractivity contribution in [3.8, 4) is 0 Å². The lowest BCUT2D eigenvalue weighted by Gasteiger charge is -2.17. The van der Waals surface area contributed by atoms with Crippen LogP contribution in [0.4, 0.5) is 0 Å². The van der Waals surface area contributed by atoms with Gasteiger partial charge in [-0.1, -0.05) is 23.8 Å². The quantitative estimate of drug-likeness (QED) is 0.646.